The van der Waals surface area contributed by atoms with Gasteiger partial charge in [-0.05, 0) is 25.6 Å². The molecule has 1 saturated heterocycles. The predicted molar refractivity (Wildman–Crippen MR) is 48.3 cm³/mol. The summed E-state index contributed by atoms with van der Waals surface area (Å²) in [4.78, 5) is 0. The van der Waals surface area contributed by atoms with Gasteiger partial charge in [0.25, 0.3) is 0 Å². The average molecular weight is 167 g/mol. The molecule has 0 aromatic carbocycles. The molecule has 2 nitrogen and oxygen atoms in total. The normalized spacial score (nSPS) is 47.8. The van der Waals surface area contributed by atoms with E-state index in [1.165, 1.54) is 0 Å². The summed E-state index contributed by atoms with van der Waals surface area (Å²) in [5.74, 6) is -0.516. The molecule has 67 valence electrons. The van der Waals surface area contributed by atoms with E-state index in [-0.39, 0.29) is 6.10 Å². The number of hydrogen-bond donors (Lipinski definition) is 1. The van der Waals surface area contributed by atoms with Gasteiger partial charge in [-0.1, -0.05) is 12.7 Å². The Hall–Kier alpha value is -0.0151. The number of fused-ring (bicyclic) bond motifs is 1. The summed E-state index contributed by atoms with van der Waals surface area (Å²) in [6.45, 7) is 2.05. The Labute approximate surface area is 74.5 Å². The van der Waals surface area contributed by atoms with Crippen molar-refractivity contribution in [3.05, 3.63) is 0 Å². The van der Waals surface area contributed by atoms with Crippen LogP contribution in [0.1, 0.15) is 32.6 Å². The Balaban J connectivity index is 2.11. The molecule has 2 aliphatic rings. The van der Waals surface area contributed by atoms with Crippen LogP contribution in [-0.2, 0) is 4.74 Å². The Kier molecular flexibility index (Phi) is 2.17. The van der Waals surface area contributed by atoms with Gasteiger partial charge in [-0.2, -0.15) is 0 Å². The highest BCUT2D eigenvalue weighted by Crippen LogP contribution is 2.43. The van der Waals surface area contributed by atoms with Gasteiger partial charge in [-0.15, -0.1) is 0 Å². The van der Waals surface area contributed by atoms with Gasteiger partial charge < -0.3 is 9.84 Å². The van der Waals surface area contributed by atoms with Crippen molar-refractivity contribution < 1.29 is 9.84 Å². The second-order valence-corrected chi connectivity index (χ2v) is 4.09. The summed E-state index contributed by atoms with van der Waals surface area (Å²) in [6, 6.07) is 0. The molecule has 12 heavy (non-hydrogen) atoms. The van der Waals surface area contributed by atoms with Gasteiger partial charge in [0.1, 0.15) is 7.28 Å². The van der Waals surface area contributed by atoms with Crippen LogP contribution in [-0.4, -0.2) is 24.3 Å². The molecule has 1 aliphatic heterocycles. The van der Waals surface area contributed by atoms with Crippen molar-refractivity contribution in [1.82, 2.24) is 0 Å². The highest BCUT2D eigenvalue weighted by Gasteiger charge is 2.44. The van der Waals surface area contributed by atoms with Crippen LogP contribution in [0.5, 0.6) is 0 Å². The summed E-state index contributed by atoms with van der Waals surface area (Å²) < 4.78 is 5.65. The van der Waals surface area contributed by atoms with Crippen LogP contribution in [0.15, 0.2) is 0 Å². The molecule has 2 rings (SSSR count). The fourth-order valence-electron chi connectivity index (χ4n) is 2.37. The van der Waals surface area contributed by atoms with E-state index in [4.69, 9.17) is 4.74 Å². The second-order valence-electron chi connectivity index (χ2n) is 4.09. The zero-order valence-electron chi connectivity index (χ0n) is 7.62. The number of ether oxygens (including phenoxy) is 1. The summed E-state index contributed by atoms with van der Waals surface area (Å²) in [6.07, 6.45) is 5.38. The molecule has 1 radical (unpaired) electrons. The van der Waals surface area contributed by atoms with E-state index in [9.17, 15) is 5.11 Å². The minimum atomic E-state index is -0.810. The smallest absolute Gasteiger partial charge is 0.161 e. The highest BCUT2D eigenvalue weighted by molar-refractivity contribution is 6.38. The van der Waals surface area contributed by atoms with E-state index in [1.54, 1.807) is 0 Å². The van der Waals surface area contributed by atoms with Gasteiger partial charge in [0.2, 0.25) is 0 Å². The van der Waals surface area contributed by atoms with Gasteiger partial charge in [0.05, 0.1) is 6.10 Å². The van der Waals surface area contributed by atoms with Gasteiger partial charge in [-0.3, -0.25) is 0 Å². The molecule has 3 atom stereocenters. The molecule has 1 aliphatic carbocycles. The van der Waals surface area contributed by atoms with Crippen molar-refractivity contribution in [2.24, 2.45) is 0 Å². The molecule has 1 heterocycles. The lowest BCUT2D eigenvalue weighted by atomic mass is 9.59. The monoisotopic (exact) mass is 167 g/mol. The molecular weight excluding hydrogens is 151 g/mol. The third-order valence-electron chi connectivity index (χ3n) is 3.06. The van der Waals surface area contributed by atoms with E-state index < -0.39 is 5.79 Å². The Morgan fingerprint density at radius 3 is 3.17 bits per heavy atom. The van der Waals surface area contributed by atoms with Crippen LogP contribution in [0, 0.1) is 0 Å². The average Bonchev–Trinajstić information content (AvgIpc) is 2.26. The van der Waals surface area contributed by atoms with Crippen molar-refractivity contribution in [1.29, 1.82) is 0 Å². The summed E-state index contributed by atoms with van der Waals surface area (Å²) >= 11 is 0. The fraction of sp³-hybridized carbons (Fsp3) is 1.00. The van der Waals surface area contributed by atoms with Gasteiger partial charge in [0, 0.05) is 6.42 Å². The standard InChI is InChI=1S/C9H16BO2/c1-7-4-6-10-8-3-2-5-9(8,11)12-7/h7-8,11H,2-6H2,1H3. The first-order valence-electron chi connectivity index (χ1n) is 4.94. The largest absolute Gasteiger partial charge is 0.366 e. The van der Waals surface area contributed by atoms with E-state index in [0.29, 0.717) is 5.82 Å². The van der Waals surface area contributed by atoms with Crippen molar-refractivity contribution in [3.63, 3.8) is 0 Å². The van der Waals surface area contributed by atoms with Crippen LogP contribution < -0.4 is 0 Å². The number of aliphatic hydroxyl groups is 1. The van der Waals surface area contributed by atoms with Crippen molar-refractivity contribution in [2.45, 2.75) is 56.6 Å². The minimum Gasteiger partial charge on any atom is -0.366 e. The number of rotatable bonds is 0. The maximum atomic E-state index is 10.1. The fourth-order valence-corrected chi connectivity index (χ4v) is 2.37. The third kappa shape index (κ3) is 1.40. The maximum Gasteiger partial charge on any atom is 0.161 e. The zero-order chi connectivity index (χ0) is 8.60. The molecule has 3 unspecified atom stereocenters. The van der Waals surface area contributed by atoms with Crippen LogP contribution in [0.4, 0.5) is 0 Å². The zero-order valence-corrected chi connectivity index (χ0v) is 7.62. The predicted octanol–water partition coefficient (Wildman–Crippen LogP) is 1.58. The van der Waals surface area contributed by atoms with Crippen molar-refractivity contribution >= 4 is 7.28 Å². The molecule has 0 amide bonds. The van der Waals surface area contributed by atoms with Gasteiger partial charge in [0.15, 0.2) is 5.79 Å². The maximum absolute atomic E-state index is 10.1. The van der Waals surface area contributed by atoms with Crippen LogP contribution >= 0.6 is 0 Å². The highest BCUT2D eigenvalue weighted by atomic mass is 16.6. The molecule has 2 fully saturated rings. The lowest BCUT2D eigenvalue weighted by Gasteiger charge is -2.30. The molecule has 0 spiro atoms. The van der Waals surface area contributed by atoms with E-state index >= 15 is 0 Å². The SMILES string of the molecule is CC1CC[B]C2CCCC2(O)O1. The summed E-state index contributed by atoms with van der Waals surface area (Å²) in [5.41, 5.74) is 0. The molecule has 1 saturated carbocycles. The minimum absolute atomic E-state index is 0.217. The first-order valence-corrected chi connectivity index (χ1v) is 4.94. The summed E-state index contributed by atoms with van der Waals surface area (Å²) in [5, 5.41) is 10.1. The molecule has 0 aromatic heterocycles. The summed E-state index contributed by atoms with van der Waals surface area (Å²) in [7, 11) is 2.25. The van der Waals surface area contributed by atoms with E-state index in [1.807, 2.05) is 6.92 Å². The second kappa shape index (κ2) is 3.04. The van der Waals surface area contributed by atoms with Crippen LogP contribution in [0.3, 0.4) is 0 Å². The van der Waals surface area contributed by atoms with E-state index in [2.05, 4.69) is 7.28 Å². The molecular formula is C9H16BO2. The quantitative estimate of drug-likeness (QED) is 0.555. The Bertz CT molecular complexity index is 174. The van der Waals surface area contributed by atoms with Gasteiger partial charge in [-0.25, -0.2) is 0 Å². The van der Waals surface area contributed by atoms with Crippen LogP contribution in [0.2, 0.25) is 12.1 Å². The molecule has 3 heteroatoms. The molecule has 0 bridgehead atoms. The van der Waals surface area contributed by atoms with E-state index in [0.717, 1.165) is 32.0 Å². The van der Waals surface area contributed by atoms with Gasteiger partial charge >= 0.3 is 0 Å². The van der Waals surface area contributed by atoms with Crippen molar-refractivity contribution in [2.75, 3.05) is 0 Å². The third-order valence-corrected chi connectivity index (χ3v) is 3.06. The van der Waals surface area contributed by atoms with Crippen molar-refractivity contribution in [3.8, 4) is 0 Å². The van der Waals surface area contributed by atoms with Crippen LogP contribution in [0.25, 0.3) is 0 Å². The molecule has 1 N–H and O–H groups in total. The first-order chi connectivity index (χ1) is 5.71. The lowest BCUT2D eigenvalue weighted by Crippen LogP contribution is -2.36. The molecule has 0 aromatic rings. The lowest BCUT2D eigenvalue weighted by molar-refractivity contribution is -0.218. The topological polar surface area (TPSA) is 29.5 Å². The Morgan fingerprint density at radius 2 is 2.33 bits per heavy atom. The number of hydrogen-bond acceptors (Lipinski definition) is 2. The first kappa shape index (κ1) is 8.58. The Morgan fingerprint density at radius 1 is 1.50 bits per heavy atom.